The van der Waals surface area contributed by atoms with Gasteiger partial charge in [0, 0.05) is 17.5 Å². The van der Waals surface area contributed by atoms with Gasteiger partial charge in [-0.2, -0.15) is 0 Å². The Hall–Kier alpha value is -1.55. The quantitative estimate of drug-likeness (QED) is 0.566. The maximum Gasteiger partial charge on any atom is 0.178 e. The molecule has 2 heterocycles. The highest BCUT2D eigenvalue weighted by molar-refractivity contribution is 7.13. The van der Waals surface area contributed by atoms with E-state index >= 15 is 0 Å². The van der Waals surface area contributed by atoms with Gasteiger partial charge in [-0.3, -0.25) is 9.78 Å². The molecular formula is C10H6N2OS. The van der Waals surface area contributed by atoms with Gasteiger partial charge in [-0.05, 0) is 11.6 Å². The maximum absolute atomic E-state index is 10.6. The summed E-state index contributed by atoms with van der Waals surface area (Å²) in [5.41, 5.74) is 3.04. The smallest absolute Gasteiger partial charge is 0.178 e. The number of carbonyl (C=O) groups excluding carboxylic acids is 1. The summed E-state index contributed by atoms with van der Waals surface area (Å²) in [7, 11) is 0. The lowest BCUT2D eigenvalue weighted by Crippen LogP contribution is -1.85. The molecule has 0 saturated heterocycles. The zero-order valence-electron chi connectivity index (χ0n) is 7.23. The molecule has 0 aromatic carbocycles. The summed E-state index contributed by atoms with van der Waals surface area (Å²) in [5.74, 6) is 0. The number of hydrogen-bond donors (Lipinski definition) is 0. The van der Waals surface area contributed by atoms with Gasteiger partial charge < -0.3 is 0 Å². The minimum absolute atomic E-state index is 0.548. The number of aldehydes is 1. The predicted molar refractivity (Wildman–Crippen MR) is 53.5 cm³/mol. The Morgan fingerprint density at radius 2 is 2.36 bits per heavy atom. The molecule has 3 rings (SSSR count). The fraction of sp³-hybridized carbons (Fsp3) is 0.100. The van der Waals surface area contributed by atoms with Crippen LogP contribution in [0.15, 0.2) is 18.3 Å². The number of thiazole rings is 1. The third-order valence-electron chi connectivity index (χ3n) is 2.28. The molecule has 1 aliphatic rings. The van der Waals surface area contributed by atoms with Crippen LogP contribution in [0.25, 0.3) is 11.4 Å². The molecule has 0 bridgehead atoms. The summed E-state index contributed by atoms with van der Waals surface area (Å²) in [4.78, 5) is 20.2. The van der Waals surface area contributed by atoms with Gasteiger partial charge >= 0.3 is 0 Å². The molecule has 0 N–H and O–H groups in total. The van der Waals surface area contributed by atoms with E-state index in [0.717, 1.165) is 29.0 Å². The summed E-state index contributed by atoms with van der Waals surface area (Å²) >= 11 is 1.46. The van der Waals surface area contributed by atoms with Gasteiger partial charge in [0.1, 0.15) is 5.69 Å². The van der Waals surface area contributed by atoms with Gasteiger partial charge in [-0.1, -0.05) is 6.07 Å². The highest BCUT2D eigenvalue weighted by Crippen LogP contribution is 2.37. The van der Waals surface area contributed by atoms with Gasteiger partial charge in [0.05, 0.1) is 5.69 Å². The molecular weight excluding hydrogens is 196 g/mol. The van der Waals surface area contributed by atoms with Crippen LogP contribution in [0.5, 0.6) is 0 Å². The van der Waals surface area contributed by atoms with Gasteiger partial charge in [0.15, 0.2) is 11.3 Å². The molecule has 0 saturated carbocycles. The molecule has 2 aromatic heterocycles. The number of fused-ring (bicyclic) bond motifs is 3. The molecule has 0 aliphatic heterocycles. The van der Waals surface area contributed by atoms with Crippen molar-refractivity contribution >= 4 is 17.6 Å². The normalized spacial score (nSPS) is 12.3. The zero-order chi connectivity index (χ0) is 9.54. The van der Waals surface area contributed by atoms with Crippen molar-refractivity contribution in [3.8, 4) is 11.4 Å². The van der Waals surface area contributed by atoms with Crippen molar-refractivity contribution in [3.63, 3.8) is 0 Å². The Labute approximate surface area is 84.5 Å². The number of carbonyl (C=O) groups is 1. The largest absolute Gasteiger partial charge is 0.295 e. The van der Waals surface area contributed by atoms with Gasteiger partial charge in [-0.25, -0.2) is 4.98 Å². The zero-order valence-corrected chi connectivity index (χ0v) is 8.04. The van der Waals surface area contributed by atoms with Crippen molar-refractivity contribution in [2.75, 3.05) is 0 Å². The van der Waals surface area contributed by atoms with Crippen LogP contribution in [0.3, 0.4) is 0 Å². The van der Waals surface area contributed by atoms with Crippen LogP contribution in [-0.2, 0) is 6.42 Å². The molecule has 0 unspecified atom stereocenters. The van der Waals surface area contributed by atoms with Crippen molar-refractivity contribution in [2.24, 2.45) is 0 Å². The van der Waals surface area contributed by atoms with Crippen LogP contribution in [-0.4, -0.2) is 16.3 Å². The number of hydrogen-bond acceptors (Lipinski definition) is 4. The molecule has 0 fully saturated rings. The molecule has 1 aliphatic carbocycles. The van der Waals surface area contributed by atoms with Crippen LogP contribution < -0.4 is 0 Å². The van der Waals surface area contributed by atoms with Crippen molar-refractivity contribution in [2.45, 2.75) is 6.42 Å². The standard InChI is InChI=1S/C10H6N2OS/c13-5-8-12-10-7(14-8)4-6-2-1-3-11-9(6)10/h1-3,5H,4H2. The third-order valence-corrected chi connectivity index (χ3v) is 3.26. The third kappa shape index (κ3) is 0.943. The minimum atomic E-state index is 0.548. The van der Waals surface area contributed by atoms with E-state index in [0.29, 0.717) is 5.01 Å². The highest BCUT2D eigenvalue weighted by Gasteiger charge is 2.23. The topological polar surface area (TPSA) is 42.9 Å². The second kappa shape index (κ2) is 2.72. The van der Waals surface area contributed by atoms with Crippen LogP contribution in [0, 0.1) is 0 Å². The monoisotopic (exact) mass is 202 g/mol. The Balaban J connectivity index is 2.24. The lowest BCUT2D eigenvalue weighted by Gasteiger charge is -1.94. The predicted octanol–water partition coefficient (Wildman–Crippen LogP) is 1.92. The van der Waals surface area contributed by atoms with Gasteiger partial charge in [0.25, 0.3) is 0 Å². The second-order valence-electron chi connectivity index (χ2n) is 3.13. The molecule has 4 heteroatoms. The van der Waals surface area contributed by atoms with Crippen molar-refractivity contribution in [1.82, 2.24) is 9.97 Å². The molecule has 0 radical (unpaired) electrons. The highest BCUT2D eigenvalue weighted by atomic mass is 32.1. The Kier molecular flexibility index (Phi) is 1.52. The number of pyridine rings is 1. The Morgan fingerprint density at radius 3 is 3.21 bits per heavy atom. The molecule has 68 valence electrons. The van der Waals surface area contributed by atoms with Crippen LogP contribution in [0.1, 0.15) is 20.2 Å². The summed E-state index contributed by atoms with van der Waals surface area (Å²) < 4.78 is 0. The average Bonchev–Trinajstić information content (AvgIpc) is 2.73. The van der Waals surface area contributed by atoms with E-state index in [9.17, 15) is 4.79 Å². The number of nitrogens with zero attached hydrogens (tertiary/aromatic N) is 2. The SMILES string of the molecule is O=Cc1nc2c(s1)Cc1cccnc1-2. The van der Waals surface area contributed by atoms with Crippen LogP contribution >= 0.6 is 11.3 Å². The first-order valence-corrected chi connectivity index (χ1v) is 5.09. The Bertz CT molecular complexity index is 519. The second-order valence-corrected chi connectivity index (χ2v) is 4.24. The lowest BCUT2D eigenvalue weighted by atomic mass is 10.2. The maximum atomic E-state index is 10.6. The van der Waals surface area contributed by atoms with E-state index in [1.165, 1.54) is 16.9 Å². The van der Waals surface area contributed by atoms with E-state index < -0.39 is 0 Å². The first-order valence-electron chi connectivity index (χ1n) is 4.27. The summed E-state index contributed by atoms with van der Waals surface area (Å²) in [5, 5.41) is 0.548. The summed E-state index contributed by atoms with van der Waals surface area (Å²) in [6.07, 6.45) is 3.42. The Morgan fingerprint density at radius 1 is 1.43 bits per heavy atom. The van der Waals surface area contributed by atoms with Crippen molar-refractivity contribution in [3.05, 3.63) is 33.8 Å². The molecule has 0 amide bonds. The van der Waals surface area contributed by atoms with Crippen LogP contribution in [0.2, 0.25) is 0 Å². The number of rotatable bonds is 1. The minimum Gasteiger partial charge on any atom is -0.295 e. The average molecular weight is 202 g/mol. The van der Waals surface area contributed by atoms with E-state index in [1.807, 2.05) is 6.07 Å². The summed E-state index contributed by atoms with van der Waals surface area (Å²) in [6, 6.07) is 3.98. The van der Waals surface area contributed by atoms with Crippen molar-refractivity contribution in [1.29, 1.82) is 0 Å². The fourth-order valence-corrected chi connectivity index (χ4v) is 2.60. The summed E-state index contributed by atoms with van der Waals surface area (Å²) in [6.45, 7) is 0. The van der Waals surface area contributed by atoms with E-state index in [4.69, 9.17) is 0 Å². The first-order chi connectivity index (χ1) is 6.88. The van der Waals surface area contributed by atoms with Crippen molar-refractivity contribution < 1.29 is 4.79 Å². The fourth-order valence-electron chi connectivity index (χ4n) is 1.69. The molecule has 0 spiro atoms. The molecule has 14 heavy (non-hydrogen) atoms. The van der Waals surface area contributed by atoms with Crippen LogP contribution in [0.4, 0.5) is 0 Å². The molecule has 0 atom stereocenters. The van der Waals surface area contributed by atoms with E-state index in [1.54, 1.807) is 6.20 Å². The van der Waals surface area contributed by atoms with E-state index in [2.05, 4.69) is 16.0 Å². The number of aromatic nitrogens is 2. The molecule has 2 aromatic rings. The lowest BCUT2D eigenvalue weighted by molar-refractivity contribution is 0.112. The van der Waals surface area contributed by atoms with Gasteiger partial charge in [-0.15, -0.1) is 11.3 Å². The molecule has 3 nitrogen and oxygen atoms in total. The first kappa shape index (κ1) is 7.82. The van der Waals surface area contributed by atoms with E-state index in [-0.39, 0.29) is 0 Å². The van der Waals surface area contributed by atoms with Gasteiger partial charge in [0.2, 0.25) is 0 Å².